The average Bonchev–Trinajstić information content (AvgIpc) is 2.87. The summed E-state index contributed by atoms with van der Waals surface area (Å²) in [4.78, 5) is 28.7. The van der Waals surface area contributed by atoms with Crippen molar-refractivity contribution in [3.63, 3.8) is 0 Å². The van der Waals surface area contributed by atoms with E-state index < -0.39 is 6.04 Å². The molecule has 2 amide bonds. The number of nitrogens with one attached hydrogen (secondary N) is 1. The number of nitrogens with zero attached hydrogens (tertiary/aromatic N) is 1. The maximum absolute atomic E-state index is 14.1. The van der Waals surface area contributed by atoms with Gasteiger partial charge in [-0.1, -0.05) is 90.4 Å². The van der Waals surface area contributed by atoms with Gasteiger partial charge in [-0.2, -0.15) is 0 Å². The number of halogens is 2. The minimum Gasteiger partial charge on any atom is -0.354 e. The van der Waals surface area contributed by atoms with Crippen LogP contribution in [-0.2, 0) is 28.3 Å². The van der Waals surface area contributed by atoms with Crippen molar-refractivity contribution in [2.45, 2.75) is 38.6 Å². The molecule has 0 aliphatic heterocycles. The van der Waals surface area contributed by atoms with Crippen molar-refractivity contribution in [3.8, 4) is 0 Å². The standard InChI is InChI=1S/C29H32BrFN2O2S/c1-21(2)17-32-29(35)27(16-22-8-4-3-5-9-22)33(18-23-12-14-25(30)15-13-23)28(34)20-36-19-24-10-6-7-11-26(24)31/h3-15,21,27H,16-20H2,1-2H3,(H,32,35)/t27-/m0/s1. The smallest absolute Gasteiger partial charge is 0.243 e. The predicted molar refractivity (Wildman–Crippen MR) is 149 cm³/mol. The van der Waals surface area contributed by atoms with Gasteiger partial charge in [0, 0.05) is 29.7 Å². The first-order chi connectivity index (χ1) is 17.3. The molecule has 3 rings (SSSR count). The van der Waals surface area contributed by atoms with Gasteiger partial charge in [0.15, 0.2) is 0 Å². The Kier molecular flexibility index (Phi) is 11.0. The van der Waals surface area contributed by atoms with E-state index in [0.717, 1.165) is 15.6 Å². The zero-order valence-electron chi connectivity index (χ0n) is 20.6. The Morgan fingerprint density at radius 2 is 1.61 bits per heavy atom. The Hall–Kier alpha value is -2.64. The highest BCUT2D eigenvalue weighted by Gasteiger charge is 2.30. The second-order valence-corrected chi connectivity index (χ2v) is 11.0. The fourth-order valence-electron chi connectivity index (χ4n) is 3.71. The molecule has 0 spiro atoms. The van der Waals surface area contributed by atoms with E-state index in [4.69, 9.17) is 0 Å². The first-order valence-corrected chi connectivity index (χ1v) is 13.9. The van der Waals surface area contributed by atoms with Crippen LogP contribution in [0.1, 0.15) is 30.5 Å². The molecule has 4 nitrogen and oxygen atoms in total. The molecule has 0 radical (unpaired) electrons. The van der Waals surface area contributed by atoms with Crippen LogP contribution in [0.5, 0.6) is 0 Å². The minimum absolute atomic E-state index is 0.146. The highest BCUT2D eigenvalue weighted by atomic mass is 79.9. The fraction of sp³-hybridized carbons (Fsp3) is 0.310. The molecule has 3 aromatic carbocycles. The van der Waals surface area contributed by atoms with Gasteiger partial charge in [0.25, 0.3) is 0 Å². The zero-order chi connectivity index (χ0) is 25.9. The summed E-state index contributed by atoms with van der Waals surface area (Å²) in [7, 11) is 0. The Labute approximate surface area is 225 Å². The lowest BCUT2D eigenvalue weighted by Gasteiger charge is -2.32. The number of carbonyl (C=O) groups is 2. The van der Waals surface area contributed by atoms with Crippen molar-refractivity contribution in [1.29, 1.82) is 0 Å². The lowest BCUT2D eigenvalue weighted by atomic mass is 10.0. The summed E-state index contributed by atoms with van der Waals surface area (Å²) in [5.41, 5.74) is 2.47. The zero-order valence-corrected chi connectivity index (χ0v) is 23.0. The highest BCUT2D eigenvalue weighted by Crippen LogP contribution is 2.20. The molecule has 0 saturated heterocycles. The van der Waals surface area contributed by atoms with Crippen LogP contribution in [0.4, 0.5) is 4.39 Å². The van der Waals surface area contributed by atoms with Crippen molar-refractivity contribution in [1.82, 2.24) is 10.2 Å². The van der Waals surface area contributed by atoms with Gasteiger partial charge in [-0.25, -0.2) is 4.39 Å². The van der Waals surface area contributed by atoms with E-state index in [1.54, 1.807) is 23.1 Å². The van der Waals surface area contributed by atoms with Gasteiger partial charge in [0.05, 0.1) is 5.75 Å². The maximum Gasteiger partial charge on any atom is 0.243 e. The topological polar surface area (TPSA) is 49.4 Å². The molecule has 0 saturated carbocycles. The van der Waals surface area contributed by atoms with E-state index in [1.807, 2.05) is 68.4 Å². The van der Waals surface area contributed by atoms with Crippen LogP contribution in [0, 0.1) is 11.7 Å². The lowest BCUT2D eigenvalue weighted by Crippen LogP contribution is -2.51. The number of carbonyl (C=O) groups excluding carboxylic acids is 2. The van der Waals surface area contributed by atoms with Crippen LogP contribution in [-0.4, -0.2) is 35.1 Å². The second kappa shape index (κ2) is 14.2. The SMILES string of the molecule is CC(C)CNC(=O)[C@H](Cc1ccccc1)N(Cc1ccc(Br)cc1)C(=O)CSCc1ccccc1F. The average molecular weight is 572 g/mol. The van der Waals surface area contributed by atoms with Gasteiger partial charge in [-0.05, 0) is 40.8 Å². The fourth-order valence-corrected chi connectivity index (χ4v) is 4.87. The number of rotatable bonds is 12. The third-order valence-electron chi connectivity index (χ3n) is 5.66. The normalized spacial score (nSPS) is 11.8. The number of hydrogen-bond acceptors (Lipinski definition) is 3. The van der Waals surface area contributed by atoms with Crippen molar-refractivity contribution < 1.29 is 14.0 Å². The summed E-state index contributed by atoms with van der Waals surface area (Å²) in [6.45, 7) is 4.92. The monoisotopic (exact) mass is 570 g/mol. The molecule has 0 heterocycles. The van der Waals surface area contributed by atoms with Crippen LogP contribution in [0.3, 0.4) is 0 Å². The molecule has 36 heavy (non-hydrogen) atoms. The molecule has 0 aliphatic carbocycles. The molecule has 1 atom stereocenters. The molecule has 0 unspecified atom stereocenters. The molecule has 190 valence electrons. The van der Waals surface area contributed by atoms with Crippen molar-refractivity contribution >= 4 is 39.5 Å². The van der Waals surface area contributed by atoms with Crippen molar-refractivity contribution in [2.24, 2.45) is 5.92 Å². The summed E-state index contributed by atoms with van der Waals surface area (Å²) in [5.74, 6) is 0.218. The summed E-state index contributed by atoms with van der Waals surface area (Å²) in [6, 6.07) is 23.4. The molecule has 7 heteroatoms. The summed E-state index contributed by atoms with van der Waals surface area (Å²) in [5, 5.41) is 3.03. The number of amides is 2. The Balaban J connectivity index is 1.84. The molecular weight excluding hydrogens is 539 g/mol. The second-order valence-electron chi connectivity index (χ2n) is 9.08. The predicted octanol–water partition coefficient (Wildman–Crippen LogP) is 6.23. The van der Waals surface area contributed by atoms with Crippen molar-refractivity contribution in [3.05, 3.63) is 106 Å². The molecule has 1 N–H and O–H groups in total. The molecule has 3 aromatic rings. The van der Waals surface area contributed by atoms with Gasteiger partial charge in [0.2, 0.25) is 11.8 Å². The Morgan fingerprint density at radius 1 is 0.944 bits per heavy atom. The summed E-state index contributed by atoms with van der Waals surface area (Å²) >= 11 is 4.81. The quantitative estimate of drug-likeness (QED) is 0.280. The highest BCUT2D eigenvalue weighted by molar-refractivity contribution is 9.10. The van der Waals surface area contributed by atoms with Crippen molar-refractivity contribution in [2.75, 3.05) is 12.3 Å². The van der Waals surface area contributed by atoms with Gasteiger partial charge >= 0.3 is 0 Å². The Bertz CT molecular complexity index is 1130. The lowest BCUT2D eigenvalue weighted by molar-refractivity contribution is -0.139. The first kappa shape index (κ1) is 27.9. The van der Waals surface area contributed by atoms with E-state index >= 15 is 0 Å². The van der Waals surface area contributed by atoms with Crippen LogP contribution in [0.15, 0.2) is 83.3 Å². The van der Waals surface area contributed by atoms with Gasteiger partial charge < -0.3 is 10.2 Å². The van der Waals surface area contributed by atoms with Crippen LogP contribution in [0.25, 0.3) is 0 Å². The van der Waals surface area contributed by atoms with Crippen LogP contribution < -0.4 is 5.32 Å². The first-order valence-electron chi connectivity index (χ1n) is 12.0. The summed E-state index contributed by atoms with van der Waals surface area (Å²) < 4.78 is 15.0. The molecule has 0 fully saturated rings. The number of benzene rings is 3. The van der Waals surface area contributed by atoms with E-state index in [2.05, 4.69) is 21.2 Å². The number of thioether (sulfide) groups is 1. The largest absolute Gasteiger partial charge is 0.354 e. The van der Waals surface area contributed by atoms with E-state index in [9.17, 15) is 14.0 Å². The molecule has 0 bridgehead atoms. The van der Waals surface area contributed by atoms with Crippen LogP contribution in [0.2, 0.25) is 0 Å². The van der Waals surface area contributed by atoms with E-state index in [1.165, 1.54) is 17.8 Å². The maximum atomic E-state index is 14.1. The molecule has 0 aromatic heterocycles. The third-order valence-corrected chi connectivity index (χ3v) is 7.16. The van der Waals surface area contributed by atoms with Crippen LogP contribution >= 0.6 is 27.7 Å². The summed E-state index contributed by atoms with van der Waals surface area (Å²) in [6.07, 6.45) is 0.408. The van der Waals surface area contributed by atoms with E-state index in [0.29, 0.717) is 36.7 Å². The third kappa shape index (κ3) is 8.79. The van der Waals surface area contributed by atoms with E-state index in [-0.39, 0.29) is 23.4 Å². The number of hydrogen-bond donors (Lipinski definition) is 1. The minimum atomic E-state index is -0.670. The van der Waals surface area contributed by atoms with Gasteiger partial charge in [0.1, 0.15) is 11.9 Å². The van der Waals surface area contributed by atoms with Gasteiger partial charge in [-0.15, -0.1) is 11.8 Å². The molecular formula is C29H32BrFN2O2S. The van der Waals surface area contributed by atoms with Gasteiger partial charge in [-0.3, -0.25) is 9.59 Å². The molecule has 0 aliphatic rings. The Morgan fingerprint density at radius 3 is 2.28 bits per heavy atom.